The van der Waals surface area contributed by atoms with Crippen LogP contribution in [0, 0.1) is 16.7 Å². The van der Waals surface area contributed by atoms with Crippen LogP contribution in [0.3, 0.4) is 0 Å². The van der Waals surface area contributed by atoms with Gasteiger partial charge < -0.3 is 10.6 Å². The van der Waals surface area contributed by atoms with Crippen LogP contribution in [-0.2, 0) is 9.59 Å². The van der Waals surface area contributed by atoms with Crippen molar-refractivity contribution >= 4 is 34.8 Å². The molecule has 3 aliphatic rings. The summed E-state index contributed by atoms with van der Waals surface area (Å²) >= 11 is 5.87. The quantitative estimate of drug-likeness (QED) is 0.801. The smallest absolute Gasteiger partial charge is 0.230 e. The third-order valence-electron chi connectivity index (χ3n) is 6.01. The van der Waals surface area contributed by atoms with Gasteiger partial charge in [-0.15, -0.1) is 0 Å². The van der Waals surface area contributed by atoms with E-state index in [9.17, 15) is 9.59 Å². The minimum atomic E-state index is -0.287. The highest BCUT2D eigenvalue weighted by atomic mass is 35.5. The molecule has 0 radical (unpaired) electrons. The van der Waals surface area contributed by atoms with Crippen LogP contribution in [0.5, 0.6) is 0 Å². The molecule has 4 nitrogen and oxygen atoms in total. The van der Waals surface area contributed by atoms with Crippen molar-refractivity contribution in [2.75, 3.05) is 10.6 Å². The third-order valence-corrected chi connectivity index (χ3v) is 6.26. The van der Waals surface area contributed by atoms with Crippen molar-refractivity contribution in [2.24, 2.45) is 16.7 Å². The molecule has 2 aromatic carbocycles. The number of benzene rings is 2. The molecule has 2 bridgehead atoms. The van der Waals surface area contributed by atoms with E-state index >= 15 is 0 Å². The zero-order valence-corrected chi connectivity index (χ0v) is 15.3. The zero-order valence-electron chi connectivity index (χ0n) is 14.6. The van der Waals surface area contributed by atoms with E-state index in [1.165, 1.54) is 0 Å². The largest absolute Gasteiger partial charge is 0.326 e. The van der Waals surface area contributed by atoms with E-state index in [2.05, 4.69) is 10.6 Å². The first-order valence-corrected chi connectivity index (χ1v) is 9.23. The Labute approximate surface area is 157 Å². The van der Waals surface area contributed by atoms with Gasteiger partial charge in [0.25, 0.3) is 0 Å². The molecule has 3 fully saturated rings. The van der Waals surface area contributed by atoms with Gasteiger partial charge in [0.2, 0.25) is 11.8 Å². The average Bonchev–Trinajstić information content (AvgIpc) is 2.55. The molecule has 5 heteroatoms. The van der Waals surface area contributed by atoms with Crippen LogP contribution in [0.15, 0.2) is 54.6 Å². The lowest BCUT2D eigenvalue weighted by atomic mass is 9.32. The molecule has 26 heavy (non-hydrogen) atoms. The van der Waals surface area contributed by atoms with Crippen LogP contribution in [0.2, 0.25) is 5.02 Å². The SMILES string of the molecule is CC(C(=O)Nc1ccc(Cl)cc1)C12CC(C(=O)Nc3ccccc3)(C1)C2. The number of hydrogen-bond acceptors (Lipinski definition) is 2. The highest BCUT2D eigenvalue weighted by Gasteiger charge is 2.73. The van der Waals surface area contributed by atoms with Crippen LogP contribution < -0.4 is 10.6 Å². The molecule has 3 saturated carbocycles. The van der Waals surface area contributed by atoms with E-state index in [0.717, 1.165) is 30.6 Å². The van der Waals surface area contributed by atoms with Crippen LogP contribution in [-0.4, -0.2) is 11.8 Å². The Balaban J connectivity index is 1.34. The van der Waals surface area contributed by atoms with E-state index in [1.807, 2.05) is 37.3 Å². The summed E-state index contributed by atoms with van der Waals surface area (Å²) in [5.41, 5.74) is 1.24. The first-order chi connectivity index (χ1) is 12.4. The molecule has 0 spiro atoms. The van der Waals surface area contributed by atoms with Crippen molar-refractivity contribution in [2.45, 2.75) is 26.2 Å². The Kier molecular flexibility index (Phi) is 4.03. The van der Waals surface area contributed by atoms with Crippen molar-refractivity contribution in [3.8, 4) is 0 Å². The first kappa shape index (κ1) is 17.1. The molecule has 1 unspecified atom stereocenters. The average molecular weight is 369 g/mol. The minimum absolute atomic E-state index is 0.00379. The van der Waals surface area contributed by atoms with Gasteiger partial charge in [0.1, 0.15) is 0 Å². The zero-order chi connectivity index (χ0) is 18.4. The molecule has 2 amide bonds. The molecule has 3 aliphatic carbocycles. The van der Waals surface area contributed by atoms with Crippen molar-refractivity contribution in [1.82, 2.24) is 0 Å². The van der Waals surface area contributed by atoms with Gasteiger partial charge in [-0.1, -0.05) is 36.7 Å². The summed E-state index contributed by atoms with van der Waals surface area (Å²) < 4.78 is 0. The van der Waals surface area contributed by atoms with Crippen molar-refractivity contribution < 1.29 is 9.59 Å². The van der Waals surface area contributed by atoms with Crippen molar-refractivity contribution in [3.05, 3.63) is 59.6 Å². The van der Waals surface area contributed by atoms with E-state index in [0.29, 0.717) is 5.02 Å². The summed E-state index contributed by atoms with van der Waals surface area (Å²) in [4.78, 5) is 25.2. The summed E-state index contributed by atoms with van der Waals surface area (Å²) in [6.07, 6.45) is 2.36. The number of hydrogen-bond donors (Lipinski definition) is 2. The molecule has 0 aromatic heterocycles. The molecule has 134 valence electrons. The monoisotopic (exact) mass is 368 g/mol. The summed E-state index contributed by atoms with van der Waals surface area (Å²) in [7, 11) is 0. The van der Waals surface area contributed by atoms with Gasteiger partial charge in [-0.05, 0) is 61.1 Å². The Morgan fingerprint density at radius 3 is 2.12 bits per heavy atom. The number of halogens is 1. The summed E-state index contributed by atoms with van der Waals surface area (Å²) in [6, 6.07) is 16.6. The lowest BCUT2D eigenvalue weighted by Crippen LogP contribution is -2.70. The van der Waals surface area contributed by atoms with Gasteiger partial charge in [0, 0.05) is 22.3 Å². The lowest BCUT2D eigenvalue weighted by Gasteiger charge is -2.71. The number of amides is 2. The second kappa shape index (κ2) is 6.13. The van der Waals surface area contributed by atoms with Crippen LogP contribution >= 0.6 is 11.6 Å². The van der Waals surface area contributed by atoms with Gasteiger partial charge in [0.15, 0.2) is 0 Å². The van der Waals surface area contributed by atoms with E-state index < -0.39 is 0 Å². The van der Waals surface area contributed by atoms with Gasteiger partial charge in [-0.3, -0.25) is 9.59 Å². The Bertz CT molecular complexity index is 828. The Hall–Kier alpha value is -2.33. The van der Waals surface area contributed by atoms with Crippen LogP contribution in [0.1, 0.15) is 26.2 Å². The number of anilines is 2. The third kappa shape index (κ3) is 2.78. The molecule has 2 aromatic rings. The second-order valence-corrected chi connectivity index (χ2v) is 8.15. The Morgan fingerprint density at radius 1 is 0.923 bits per heavy atom. The molecule has 0 aliphatic heterocycles. The van der Waals surface area contributed by atoms with Gasteiger partial charge in [-0.25, -0.2) is 0 Å². The van der Waals surface area contributed by atoms with Gasteiger partial charge in [-0.2, -0.15) is 0 Å². The van der Waals surface area contributed by atoms with Crippen molar-refractivity contribution in [1.29, 1.82) is 0 Å². The second-order valence-electron chi connectivity index (χ2n) is 7.71. The fraction of sp³-hybridized carbons (Fsp3) is 0.333. The normalized spacial score (nSPS) is 26.8. The fourth-order valence-corrected chi connectivity index (χ4v) is 4.54. The minimum Gasteiger partial charge on any atom is -0.326 e. The highest BCUT2D eigenvalue weighted by Crippen LogP contribution is 2.76. The summed E-state index contributed by atoms with van der Waals surface area (Å²) in [5, 5.41) is 6.59. The van der Waals surface area contributed by atoms with Gasteiger partial charge >= 0.3 is 0 Å². The van der Waals surface area contributed by atoms with Crippen molar-refractivity contribution in [3.63, 3.8) is 0 Å². The number of para-hydroxylation sites is 1. The maximum Gasteiger partial charge on any atom is 0.230 e. The predicted octanol–water partition coefficient (Wildman–Crippen LogP) is 4.72. The van der Waals surface area contributed by atoms with Gasteiger partial charge in [0.05, 0.1) is 5.41 Å². The fourth-order valence-electron chi connectivity index (χ4n) is 4.41. The predicted molar refractivity (Wildman–Crippen MR) is 103 cm³/mol. The number of rotatable bonds is 5. The molecule has 0 heterocycles. The number of carbonyl (C=O) groups is 2. The van der Waals surface area contributed by atoms with E-state index in [-0.39, 0.29) is 28.6 Å². The van der Waals surface area contributed by atoms with E-state index in [1.54, 1.807) is 24.3 Å². The summed E-state index contributed by atoms with van der Waals surface area (Å²) in [5.74, 6) is -0.0375. The van der Waals surface area contributed by atoms with Crippen LogP contribution in [0.4, 0.5) is 11.4 Å². The first-order valence-electron chi connectivity index (χ1n) is 8.86. The molecule has 2 N–H and O–H groups in total. The lowest BCUT2D eigenvalue weighted by molar-refractivity contribution is -0.221. The standard InChI is InChI=1S/C21H21ClN2O2/c1-14(18(25)23-17-9-7-15(22)8-10-17)20-11-21(12-20,13-20)19(26)24-16-5-3-2-4-6-16/h2-10,14H,11-13H2,1H3,(H,23,25)(H,24,26). The Morgan fingerprint density at radius 2 is 1.50 bits per heavy atom. The maximum atomic E-state index is 12.6. The maximum absolute atomic E-state index is 12.6. The summed E-state index contributed by atoms with van der Waals surface area (Å²) in [6.45, 7) is 1.96. The number of carbonyl (C=O) groups excluding carboxylic acids is 2. The topological polar surface area (TPSA) is 58.2 Å². The molecular weight excluding hydrogens is 348 g/mol. The molecule has 1 atom stereocenters. The highest BCUT2D eigenvalue weighted by molar-refractivity contribution is 6.30. The molecule has 5 rings (SSSR count). The number of nitrogens with one attached hydrogen (secondary N) is 2. The molecule has 0 saturated heterocycles. The molecular formula is C21H21ClN2O2. The van der Waals surface area contributed by atoms with Crippen LogP contribution in [0.25, 0.3) is 0 Å². The van der Waals surface area contributed by atoms with E-state index in [4.69, 9.17) is 11.6 Å².